The normalized spacial score (nSPS) is 10.4. The fourth-order valence-electron chi connectivity index (χ4n) is 1.61. The Kier molecular flexibility index (Phi) is 3.41. The molecule has 0 spiro atoms. The van der Waals surface area contributed by atoms with Crippen LogP contribution in [0.25, 0.3) is 0 Å². The molecule has 0 saturated carbocycles. The van der Waals surface area contributed by atoms with Crippen LogP contribution >= 0.6 is 0 Å². The summed E-state index contributed by atoms with van der Waals surface area (Å²) < 4.78 is 28.1. The van der Waals surface area contributed by atoms with E-state index in [4.69, 9.17) is 0 Å². The number of amides is 1. The van der Waals surface area contributed by atoms with Crippen molar-refractivity contribution < 1.29 is 13.6 Å². The molecular weight excluding hydrogens is 238 g/mol. The van der Waals surface area contributed by atoms with Crippen LogP contribution in [0.2, 0.25) is 0 Å². The second kappa shape index (κ2) is 5.00. The minimum atomic E-state index is -0.734. The molecule has 0 bridgehead atoms. The molecule has 94 valence electrons. The number of halogens is 2. The maximum absolute atomic E-state index is 13.3. The van der Waals surface area contributed by atoms with Crippen LogP contribution in [-0.4, -0.2) is 10.5 Å². The Morgan fingerprint density at radius 2 is 2.11 bits per heavy atom. The first-order chi connectivity index (χ1) is 8.56. The lowest BCUT2D eigenvalue weighted by molar-refractivity contribution is 0.0946. The Balaban J connectivity index is 2.05. The van der Waals surface area contributed by atoms with E-state index in [1.807, 2.05) is 30.1 Å². The summed E-state index contributed by atoms with van der Waals surface area (Å²) in [7, 11) is 1.86. The highest BCUT2D eigenvalue weighted by molar-refractivity contribution is 5.94. The molecule has 2 rings (SSSR count). The number of benzene rings is 1. The number of carbonyl (C=O) groups is 1. The summed E-state index contributed by atoms with van der Waals surface area (Å²) >= 11 is 0. The number of hydrogen-bond donors (Lipinski definition) is 1. The van der Waals surface area contributed by atoms with Crippen LogP contribution < -0.4 is 5.32 Å². The van der Waals surface area contributed by atoms with Crippen LogP contribution in [0.1, 0.15) is 15.9 Å². The van der Waals surface area contributed by atoms with E-state index in [9.17, 15) is 13.6 Å². The van der Waals surface area contributed by atoms with Gasteiger partial charge in [-0.1, -0.05) is 0 Å². The van der Waals surface area contributed by atoms with E-state index in [1.54, 1.807) is 0 Å². The van der Waals surface area contributed by atoms with E-state index in [0.29, 0.717) is 0 Å². The fraction of sp³-hybridized carbons (Fsp3) is 0.154. The van der Waals surface area contributed by atoms with Gasteiger partial charge in [-0.2, -0.15) is 0 Å². The minimum Gasteiger partial charge on any atom is -0.357 e. The molecule has 3 nitrogen and oxygen atoms in total. The lowest BCUT2D eigenvalue weighted by atomic mass is 10.2. The van der Waals surface area contributed by atoms with Crippen molar-refractivity contribution in [3.63, 3.8) is 0 Å². The summed E-state index contributed by atoms with van der Waals surface area (Å²) in [6, 6.07) is 4.63. The summed E-state index contributed by atoms with van der Waals surface area (Å²) in [6.45, 7) is 0.273. The van der Waals surface area contributed by atoms with Crippen LogP contribution in [0.3, 0.4) is 0 Å². The molecule has 2 aromatic rings. The van der Waals surface area contributed by atoms with Gasteiger partial charge in [0.1, 0.15) is 11.6 Å². The zero-order valence-corrected chi connectivity index (χ0v) is 9.78. The Bertz CT molecular complexity index is 578. The predicted molar refractivity (Wildman–Crippen MR) is 62.9 cm³/mol. The highest BCUT2D eigenvalue weighted by Crippen LogP contribution is 2.10. The molecule has 0 fully saturated rings. The standard InChI is InChI=1S/C13H12F2N2O/c1-17-5-4-9(8-17)7-16-13(18)11-6-10(14)2-3-12(11)15/h2-6,8H,7H2,1H3,(H,16,18). The average molecular weight is 250 g/mol. The van der Waals surface area contributed by atoms with Crippen LogP contribution in [0, 0.1) is 11.6 Å². The Morgan fingerprint density at radius 1 is 1.33 bits per heavy atom. The zero-order valence-electron chi connectivity index (χ0n) is 9.78. The highest BCUT2D eigenvalue weighted by atomic mass is 19.1. The number of rotatable bonds is 3. The van der Waals surface area contributed by atoms with Crippen molar-refractivity contribution in [3.05, 3.63) is 59.4 Å². The van der Waals surface area contributed by atoms with Crippen molar-refractivity contribution in [2.24, 2.45) is 7.05 Å². The van der Waals surface area contributed by atoms with Crippen molar-refractivity contribution >= 4 is 5.91 Å². The van der Waals surface area contributed by atoms with E-state index < -0.39 is 17.5 Å². The summed E-state index contributed by atoms with van der Waals surface area (Å²) in [4.78, 5) is 11.7. The van der Waals surface area contributed by atoms with Gasteiger partial charge in [0, 0.05) is 26.0 Å². The first-order valence-electron chi connectivity index (χ1n) is 5.40. The first kappa shape index (κ1) is 12.3. The third-order valence-corrected chi connectivity index (χ3v) is 2.52. The van der Waals surface area contributed by atoms with Crippen molar-refractivity contribution in [1.29, 1.82) is 0 Å². The van der Waals surface area contributed by atoms with Crippen LogP contribution in [0.15, 0.2) is 36.7 Å². The van der Waals surface area contributed by atoms with Gasteiger partial charge in [0.15, 0.2) is 0 Å². The van der Waals surface area contributed by atoms with E-state index in [1.165, 1.54) is 0 Å². The second-order valence-electron chi connectivity index (χ2n) is 3.99. The fourth-order valence-corrected chi connectivity index (χ4v) is 1.61. The van der Waals surface area contributed by atoms with Gasteiger partial charge in [-0.25, -0.2) is 8.78 Å². The molecular formula is C13H12F2N2O. The smallest absolute Gasteiger partial charge is 0.254 e. The predicted octanol–water partition coefficient (Wildman–Crippen LogP) is 2.23. The van der Waals surface area contributed by atoms with Gasteiger partial charge in [0.05, 0.1) is 5.56 Å². The third kappa shape index (κ3) is 2.74. The lowest BCUT2D eigenvalue weighted by Gasteiger charge is -2.05. The first-order valence-corrected chi connectivity index (χ1v) is 5.40. The SMILES string of the molecule is Cn1ccc(CNC(=O)c2cc(F)ccc2F)c1. The quantitative estimate of drug-likeness (QED) is 0.890. The molecule has 1 aromatic carbocycles. The number of aromatic nitrogens is 1. The molecule has 1 amide bonds. The number of nitrogens with zero attached hydrogens (tertiary/aromatic N) is 1. The maximum Gasteiger partial charge on any atom is 0.254 e. The summed E-state index contributed by atoms with van der Waals surface area (Å²) in [5.41, 5.74) is 0.605. The Hall–Kier alpha value is -2.17. The molecule has 1 aromatic heterocycles. The van der Waals surface area contributed by atoms with E-state index in [-0.39, 0.29) is 12.1 Å². The van der Waals surface area contributed by atoms with Crippen molar-refractivity contribution in [2.45, 2.75) is 6.54 Å². The average Bonchev–Trinajstić information content (AvgIpc) is 2.75. The molecule has 1 N–H and O–H groups in total. The number of aryl methyl sites for hydroxylation is 1. The minimum absolute atomic E-state index is 0.273. The molecule has 18 heavy (non-hydrogen) atoms. The summed E-state index contributed by atoms with van der Waals surface area (Å²) in [5.74, 6) is -2.00. The number of hydrogen-bond acceptors (Lipinski definition) is 1. The van der Waals surface area contributed by atoms with E-state index >= 15 is 0 Å². The molecule has 0 saturated heterocycles. The van der Waals surface area contributed by atoms with E-state index in [0.717, 1.165) is 23.8 Å². The Morgan fingerprint density at radius 3 is 2.78 bits per heavy atom. The van der Waals surface area contributed by atoms with Gasteiger partial charge in [-0.05, 0) is 29.8 Å². The summed E-state index contributed by atoms with van der Waals surface area (Å²) in [5, 5.41) is 2.54. The van der Waals surface area contributed by atoms with Crippen LogP contribution in [0.5, 0.6) is 0 Å². The molecule has 0 unspecified atom stereocenters. The third-order valence-electron chi connectivity index (χ3n) is 2.52. The molecule has 0 aliphatic heterocycles. The number of carbonyl (C=O) groups excluding carboxylic acids is 1. The van der Waals surface area contributed by atoms with Gasteiger partial charge in [-0.15, -0.1) is 0 Å². The monoisotopic (exact) mass is 250 g/mol. The molecule has 5 heteroatoms. The second-order valence-corrected chi connectivity index (χ2v) is 3.99. The van der Waals surface area contributed by atoms with Gasteiger partial charge < -0.3 is 9.88 Å². The molecule has 0 aliphatic rings. The van der Waals surface area contributed by atoms with Gasteiger partial charge >= 0.3 is 0 Å². The van der Waals surface area contributed by atoms with Gasteiger partial charge in [0.2, 0.25) is 0 Å². The highest BCUT2D eigenvalue weighted by Gasteiger charge is 2.12. The Labute approximate surface area is 103 Å². The topological polar surface area (TPSA) is 34.0 Å². The number of nitrogens with one attached hydrogen (secondary N) is 1. The van der Waals surface area contributed by atoms with Crippen molar-refractivity contribution in [2.75, 3.05) is 0 Å². The van der Waals surface area contributed by atoms with Crippen LogP contribution in [0.4, 0.5) is 8.78 Å². The van der Waals surface area contributed by atoms with Gasteiger partial charge in [-0.3, -0.25) is 4.79 Å². The largest absolute Gasteiger partial charge is 0.357 e. The van der Waals surface area contributed by atoms with Crippen molar-refractivity contribution in [1.82, 2.24) is 9.88 Å². The zero-order chi connectivity index (χ0) is 13.1. The molecule has 0 radical (unpaired) electrons. The molecule has 1 heterocycles. The maximum atomic E-state index is 13.3. The van der Waals surface area contributed by atoms with Crippen molar-refractivity contribution in [3.8, 4) is 0 Å². The van der Waals surface area contributed by atoms with Gasteiger partial charge in [0.25, 0.3) is 5.91 Å². The van der Waals surface area contributed by atoms with E-state index in [2.05, 4.69) is 5.32 Å². The lowest BCUT2D eigenvalue weighted by Crippen LogP contribution is -2.23. The molecule has 0 atom stereocenters. The summed E-state index contributed by atoms with van der Waals surface area (Å²) in [6.07, 6.45) is 3.67. The van der Waals surface area contributed by atoms with Crippen LogP contribution in [-0.2, 0) is 13.6 Å². The molecule has 0 aliphatic carbocycles.